The summed E-state index contributed by atoms with van der Waals surface area (Å²) in [4.78, 5) is 47.4. The van der Waals surface area contributed by atoms with Crippen LogP contribution in [0.4, 0.5) is 11.4 Å². The quantitative estimate of drug-likeness (QED) is 0.309. The Morgan fingerprint density at radius 1 is 1.03 bits per heavy atom. The number of carbonyl (C=O) groups is 3. The summed E-state index contributed by atoms with van der Waals surface area (Å²) in [5, 5.41) is 9.37. The molecule has 38 heavy (non-hydrogen) atoms. The molecule has 2 saturated heterocycles. The van der Waals surface area contributed by atoms with Crippen LogP contribution in [0.3, 0.4) is 0 Å². The van der Waals surface area contributed by atoms with Gasteiger partial charge in [0.05, 0.1) is 16.6 Å². The molecule has 204 valence electrons. The molecule has 1 aromatic carbocycles. The van der Waals surface area contributed by atoms with E-state index in [2.05, 4.69) is 18.7 Å². The van der Waals surface area contributed by atoms with E-state index in [0.717, 1.165) is 24.5 Å². The molecule has 0 radical (unpaired) electrons. The van der Waals surface area contributed by atoms with E-state index in [1.807, 2.05) is 55.5 Å². The van der Waals surface area contributed by atoms with Crippen molar-refractivity contribution >= 4 is 40.9 Å². The molecule has 4 aliphatic rings. The average molecular weight is 540 g/mol. The lowest BCUT2D eigenvalue weighted by Gasteiger charge is -2.36. The first-order valence-corrected chi connectivity index (χ1v) is 14.4. The van der Waals surface area contributed by atoms with Gasteiger partial charge in [-0.2, -0.15) is 0 Å². The van der Waals surface area contributed by atoms with Gasteiger partial charge in [0.2, 0.25) is 5.91 Å². The van der Waals surface area contributed by atoms with Crippen LogP contribution in [0.1, 0.15) is 33.6 Å². The monoisotopic (exact) mass is 539 g/mol. The molecule has 1 aromatic rings. The normalized spacial score (nSPS) is 32.0. The predicted molar refractivity (Wildman–Crippen MR) is 149 cm³/mol. The number of hydrogen-bond acceptors (Lipinski definition) is 7. The van der Waals surface area contributed by atoms with Crippen molar-refractivity contribution in [2.24, 2.45) is 11.8 Å². The third-order valence-electron chi connectivity index (χ3n) is 8.41. The molecule has 2 fully saturated rings. The van der Waals surface area contributed by atoms with Crippen LogP contribution in [0.15, 0.2) is 48.6 Å². The number of cyclic esters (lactones) is 1. The lowest BCUT2D eigenvalue weighted by atomic mass is 9.75. The molecule has 0 saturated carbocycles. The molecule has 4 aliphatic heterocycles. The number of esters is 1. The second kappa shape index (κ2) is 10.4. The van der Waals surface area contributed by atoms with Gasteiger partial charge >= 0.3 is 5.97 Å². The second-order valence-electron chi connectivity index (χ2n) is 10.5. The van der Waals surface area contributed by atoms with Crippen molar-refractivity contribution in [3.63, 3.8) is 0 Å². The molecule has 9 heteroatoms. The minimum atomic E-state index is -0.886. The highest BCUT2D eigenvalue weighted by molar-refractivity contribution is 8.02. The van der Waals surface area contributed by atoms with E-state index in [9.17, 15) is 19.5 Å². The molecule has 0 bridgehead atoms. The lowest BCUT2D eigenvalue weighted by molar-refractivity contribution is -0.152. The molecule has 0 aromatic heterocycles. The zero-order chi connectivity index (χ0) is 27.1. The third-order valence-corrected chi connectivity index (χ3v) is 10.2. The highest BCUT2D eigenvalue weighted by Gasteiger charge is 2.74. The third kappa shape index (κ3) is 4.14. The largest absolute Gasteiger partial charge is 0.461 e. The Labute approximate surface area is 228 Å². The highest BCUT2D eigenvalue weighted by Crippen LogP contribution is 2.65. The predicted octanol–water partition coefficient (Wildman–Crippen LogP) is 3.01. The maximum Gasteiger partial charge on any atom is 0.311 e. The number of fused-ring (bicyclic) bond motifs is 2. The Morgan fingerprint density at radius 3 is 2.45 bits per heavy atom. The second-order valence-corrected chi connectivity index (χ2v) is 12.3. The number of thioether (sulfide) groups is 1. The maximum absolute atomic E-state index is 14.4. The molecule has 1 N–H and O–H groups in total. The van der Waals surface area contributed by atoms with Gasteiger partial charge in [-0.15, -0.1) is 11.8 Å². The number of carbonyl (C=O) groups excluding carboxylic acids is 3. The minimum absolute atomic E-state index is 0.0205. The number of amides is 2. The molecule has 2 amide bonds. The van der Waals surface area contributed by atoms with E-state index in [-0.39, 0.29) is 31.0 Å². The Balaban J connectivity index is 1.55. The van der Waals surface area contributed by atoms with Gasteiger partial charge in [0.15, 0.2) is 0 Å². The van der Waals surface area contributed by atoms with Gasteiger partial charge in [0.1, 0.15) is 12.6 Å². The Kier molecular flexibility index (Phi) is 7.35. The fourth-order valence-corrected chi connectivity index (χ4v) is 8.81. The highest BCUT2D eigenvalue weighted by atomic mass is 32.2. The zero-order valence-electron chi connectivity index (χ0n) is 22.3. The van der Waals surface area contributed by atoms with Crippen molar-refractivity contribution in [1.82, 2.24) is 4.90 Å². The summed E-state index contributed by atoms with van der Waals surface area (Å²) < 4.78 is 3.94. The summed E-state index contributed by atoms with van der Waals surface area (Å²) in [6.07, 6.45) is 8.92. The van der Waals surface area contributed by atoms with Gasteiger partial charge in [0, 0.05) is 48.9 Å². The van der Waals surface area contributed by atoms with Crippen LogP contribution in [0, 0.1) is 11.8 Å². The van der Waals surface area contributed by atoms with Gasteiger partial charge in [-0.1, -0.05) is 18.2 Å². The standard InChI is InChI=1S/C29H37N3O5S/c1-4-30(5-2)20-10-12-21(13-11-20)31-17-8-15-29-22(23-27(36)37-19-9-14-28(23,3)38-29)25(34)32(16-6-7-18-33)24(29)26(31)35/h8-15,22-24,33H,4-7,16-19H2,1-3H3/t22-,23+,24?,28-,29-/m0/s1. The van der Waals surface area contributed by atoms with E-state index in [4.69, 9.17) is 4.74 Å². The number of hydrogen-bond donors (Lipinski definition) is 1. The van der Waals surface area contributed by atoms with Crippen LogP contribution >= 0.6 is 11.8 Å². The summed E-state index contributed by atoms with van der Waals surface area (Å²) in [7, 11) is 0. The molecular formula is C29H37N3O5S. The van der Waals surface area contributed by atoms with Crippen molar-refractivity contribution in [1.29, 1.82) is 0 Å². The molecular weight excluding hydrogens is 502 g/mol. The van der Waals surface area contributed by atoms with E-state index in [1.165, 1.54) is 0 Å². The summed E-state index contributed by atoms with van der Waals surface area (Å²) in [5.41, 5.74) is 1.88. The maximum atomic E-state index is 14.4. The minimum Gasteiger partial charge on any atom is -0.461 e. The van der Waals surface area contributed by atoms with E-state index in [1.54, 1.807) is 21.6 Å². The van der Waals surface area contributed by atoms with Crippen LogP contribution in [0.2, 0.25) is 0 Å². The molecule has 4 heterocycles. The number of anilines is 2. The summed E-state index contributed by atoms with van der Waals surface area (Å²) in [6, 6.07) is 7.25. The van der Waals surface area contributed by atoms with Gasteiger partial charge in [-0.3, -0.25) is 14.4 Å². The fraction of sp³-hybridized carbons (Fsp3) is 0.552. The van der Waals surface area contributed by atoms with Crippen LogP contribution in [0.5, 0.6) is 0 Å². The zero-order valence-corrected chi connectivity index (χ0v) is 23.2. The number of ether oxygens (including phenoxy) is 1. The number of benzene rings is 1. The topological polar surface area (TPSA) is 90.4 Å². The molecule has 8 nitrogen and oxygen atoms in total. The number of aliphatic hydroxyl groups is 1. The van der Waals surface area contributed by atoms with E-state index < -0.39 is 27.4 Å². The lowest BCUT2D eigenvalue weighted by Crippen LogP contribution is -2.53. The Hall–Kier alpha value is -2.78. The van der Waals surface area contributed by atoms with Crippen molar-refractivity contribution in [2.45, 2.75) is 49.1 Å². The number of likely N-dealkylation sites (tertiary alicyclic amines) is 1. The molecule has 5 rings (SSSR count). The van der Waals surface area contributed by atoms with Gasteiger partial charge < -0.3 is 24.5 Å². The first-order valence-electron chi connectivity index (χ1n) is 13.6. The summed E-state index contributed by atoms with van der Waals surface area (Å²) >= 11 is 1.55. The van der Waals surface area contributed by atoms with E-state index >= 15 is 0 Å². The number of unbranched alkanes of at least 4 members (excludes halogenated alkanes) is 1. The van der Waals surface area contributed by atoms with Crippen LogP contribution in [-0.4, -0.2) is 82.7 Å². The van der Waals surface area contributed by atoms with Crippen LogP contribution in [-0.2, 0) is 19.1 Å². The molecule has 5 atom stereocenters. The smallest absolute Gasteiger partial charge is 0.311 e. The van der Waals surface area contributed by atoms with Crippen molar-refractivity contribution in [2.75, 3.05) is 49.2 Å². The van der Waals surface area contributed by atoms with Gasteiger partial charge in [-0.25, -0.2) is 0 Å². The SMILES string of the molecule is CCN(CC)c1ccc(N2CC=C[C@]34S[C@@]5(C)C=CCOC(=O)[C@H]5[C@H]3C(=O)N(CCCCO)C4C2=O)cc1. The van der Waals surface area contributed by atoms with Crippen molar-refractivity contribution in [3.05, 3.63) is 48.6 Å². The molecule has 1 spiro atoms. The summed E-state index contributed by atoms with van der Waals surface area (Å²) in [6.45, 7) is 8.94. The van der Waals surface area contributed by atoms with Crippen molar-refractivity contribution < 1.29 is 24.2 Å². The number of nitrogens with zero attached hydrogens (tertiary/aromatic N) is 3. The summed E-state index contributed by atoms with van der Waals surface area (Å²) in [5.74, 6) is -2.09. The average Bonchev–Trinajstić information content (AvgIpc) is 3.15. The van der Waals surface area contributed by atoms with Crippen molar-refractivity contribution in [3.8, 4) is 0 Å². The van der Waals surface area contributed by atoms with Gasteiger partial charge in [-0.05, 0) is 64.0 Å². The number of aliphatic hydroxyl groups excluding tert-OH is 1. The van der Waals surface area contributed by atoms with Crippen LogP contribution < -0.4 is 9.80 Å². The van der Waals surface area contributed by atoms with Gasteiger partial charge in [0.25, 0.3) is 5.91 Å². The first-order chi connectivity index (χ1) is 18.3. The van der Waals surface area contributed by atoms with Crippen LogP contribution in [0.25, 0.3) is 0 Å². The first kappa shape index (κ1) is 26.8. The van der Waals surface area contributed by atoms with E-state index in [0.29, 0.717) is 25.9 Å². The Bertz CT molecular complexity index is 1150. The fourth-order valence-electron chi connectivity index (χ4n) is 6.65. The molecule has 0 aliphatic carbocycles. The Morgan fingerprint density at radius 2 is 1.76 bits per heavy atom. The molecule has 1 unspecified atom stereocenters. The number of rotatable bonds is 8.